The number of carbonyl (C=O) groups excluding carboxylic acids is 1. The van der Waals surface area contributed by atoms with Crippen molar-refractivity contribution >= 4 is 16.8 Å². The molecule has 0 N–H and O–H groups in total. The lowest BCUT2D eigenvalue weighted by atomic mass is 10.0. The van der Waals surface area contributed by atoms with Crippen LogP contribution in [0.3, 0.4) is 0 Å². The highest BCUT2D eigenvalue weighted by molar-refractivity contribution is 6.07. The van der Waals surface area contributed by atoms with Crippen molar-refractivity contribution in [3.05, 3.63) is 76.0 Å². The van der Waals surface area contributed by atoms with E-state index in [9.17, 15) is 9.59 Å². The molecule has 0 aliphatic carbocycles. The number of rotatable bonds is 5. The Bertz CT molecular complexity index is 1060. The summed E-state index contributed by atoms with van der Waals surface area (Å²) < 4.78 is 11.8. The maximum Gasteiger partial charge on any atom is 0.196 e. The van der Waals surface area contributed by atoms with E-state index in [4.69, 9.17) is 9.15 Å². The highest BCUT2D eigenvalue weighted by Gasteiger charge is 2.20. The molecule has 0 unspecified atom stereocenters. The Morgan fingerprint density at radius 3 is 2.42 bits per heavy atom. The van der Waals surface area contributed by atoms with Crippen LogP contribution in [-0.2, 0) is 0 Å². The lowest BCUT2D eigenvalue weighted by Crippen LogP contribution is -2.11. The standard InChI is InChI=1S/C22H20O4/c1-13(2)12-25-18-11-10-17-20(24)14(3)21(16-8-6-5-7-9-16)26-22(17)19(18)15(4)23/h5-11H,1,12H2,2-4H3. The molecule has 0 aliphatic rings. The van der Waals surface area contributed by atoms with E-state index in [0.29, 0.717) is 22.5 Å². The summed E-state index contributed by atoms with van der Waals surface area (Å²) in [5.41, 5.74) is 2.50. The van der Waals surface area contributed by atoms with Crippen molar-refractivity contribution in [3.63, 3.8) is 0 Å². The molecule has 1 aromatic heterocycles. The van der Waals surface area contributed by atoms with Gasteiger partial charge in [-0.3, -0.25) is 9.59 Å². The van der Waals surface area contributed by atoms with Gasteiger partial charge >= 0.3 is 0 Å². The van der Waals surface area contributed by atoms with Gasteiger partial charge in [-0.25, -0.2) is 0 Å². The molecule has 0 amide bonds. The van der Waals surface area contributed by atoms with E-state index < -0.39 is 0 Å². The van der Waals surface area contributed by atoms with Crippen molar-refractivity contribution in [2.24, 2.45) is 0 Å². The van der Waals surface area contributed by atoms with E-state index in [1.807, 2.05) is 37.3 Å². The number of carbonyl (C=O) groups is 1. The van der Waals surface area contributed by atoms with Crippen molar-refractivity contribution in [1.82, 2.24) is 0 Å². The van der Waals surface area contributed by atoms with Crippen molar-refractivity contribution in [2.75, 3.05) is 6.61 Å². The average molecular weight is 348 g/mol. The Hall–Kier alpha value is -3.14. The van der Waals surface area contributed by atoms with Crippen LogP contribution >= 0.6 is 0 Å². The zero-order chi connectivity index (χ0) is 18.8. The van der Waals surface area contributed by atoms with Crippen molar-refractivity contribution in [3.8, 4) is 17.1 Å². The lowest BCUT2D eigenvalue weighted by molar-refractivity contribution is 0.101. The summed E-state index contributed by atoms with van der Waals surface area (Å²) in [5, 5.41) is 0.370. The fourth-order valence-corrected chi connectivity index (χ4v) is 2.85. The third-order valence-corrected chi connectivity index (χ3v) is 4.11. The molecule has 0 saturated carbocycles. The van der Waals surface area contributed by atoms with Crippen LogP contribution in [0.1, 0.15) is 29.8 Å². The van der Waals surface area contributed by atoms with Gasteiger partial charge in [0.25, 0.3) is 0 Å². The summed E-state index contributed by atoms with van der Waals surface area (Å²) in [4.78, 5) is 25.2. The Kier molecular flexibility index (Phi) is 4.76. The van der Waals surface area contributed by atoms with Crippen molar-refractivity contribution < 1.29 is 13.9 Å². The SMILES string of the molecule is C=C(C)COc1ccc2c(=O)c(C)c(-c3ccccc3)oc2c1C(C)=O. The monoisotopic (exact) mass is 348 g/mol. The third-order valence-electron chi connectivity index (χ3n) is 4.11. The number of benzene rings is 2. The van der Waals surface area contributed by atoms with Gasteiger partial charge in [0.2, 0.25) is 0 Å². The first-order valence-corrected chi connectivity index (χ1v) is 8.34. The third kappa shape index (κ3) is 3.18. The largest absolute Gasteiger partial charge is 0.488 e. The predicted molar refractivity (Wildman–Crippen MR) is 103 cm³/mol. The molecular formula is C22H20O4. The van der Waals surface area contributed by atoms with E-state index in [1.54, 1.807) is 19.1 Å². The van der Waals surface area contributed by atoms with E-state index in [-0.39, 0.29) is 29.0 Å². The molecule has 0 bridgehead atoms. The summed E-state index contributed by atoms with van der Waals surface area (Å²) in [7, 11) is 0. The molecule has 1 heterocycles. The van der Waals surface area contributed by atoms with Crippen LogP contribution in [-0.4, -0.2) is 12.4 Å². The summed E-state index contributed by atoms with van der Waals surface area (Å²) in [6.45, 7) is 9.09. The molecule has 0 aliphatic heterocycles. The van der Waals surface area contributed by atoms with Gasteiger partial charge in [-0.15, -0.1) is 0 Å². The number of hydrogen-bond acceptors (Lipinski definition) is 4. The van der Waals surface area contributed by atoms with Crippen LogP contribution in [0, 0.1) is 6.92 Å². The van der Waals surface area contributed by atoms with Gasteiger partial charge in [0.05, 0.1) is 5.39 Å². The van der Waals surface area contributed by atoms with Gasteiger partial charge in [0, 0.05) is 11.1 Å². The molecule has 3 aromatic rings. The Morgan fingerprint density at radius 1 is 1.12 bits per heavy atom. The molecule has 0 saturated heterocycles. The number of Topliss-reactive ketones (excluding diaryl/α,β-unsaturated/α-hetero) is 1. The van der Waals surface area contributed by atoms with E-state index in [2.05, 4.69) is 6.58 Å². The maximum absolute atomic E-state index is 12.8. The number of ether oxygens (including phenoxy) is 1. The molecule has 4 heteroatoms. The lowest BCUT2D eigenvalue weighted by Gasteiger charge is -2.13. The maximum atomic E-state index is 12.8. The molecule has 132 valence electrons. The molecule has 0 spiro atoms. The van der Waals surface area contributed by atoms with Crippen molar-refractivity contribution in [1.29, 1.82) is 0 Å². The molecule has 3 rings (SSSR count). The first-order chi connectivity index (χ1) is 12.4. The second-order valence-corrected chi connectivity index (χ2v) is 6.37. The molecular weight excluding hydrogens is 328 g/mol. The van der Waals surface area contributed by atoms with Gasteiger partial charge in [0.1, 0.15) is 23.7 Å². The molecule has 4 nitrogen and oxygen atoms in total. The normalized spacial score (nSPS) is 10.7. The zero-order valence-corrected chi connectivity index (χ0v) is 15.1. The van der Waals surface area contributed by atoms with Crippen LogP contribution in [0.4, 0.5) is 0 Å². The van der Waals surface area contributed by atoms with E-state index >= 15 is 0 Å². The smallest absolute Gasteiger partial charge is 0.196 e. The Labute approximate surface area is 151 Å². The molecule has 2 aromatic carbocycles. The van der Waals surface area contributed by atoms with Crippen LogP contribution in [0.25, 0.3) is 22.3 Å². The summed E-state index contributed by atoms with van der Waals surface area (Å²) in [6, 6.07) is 12.7. The molecule has 0 fully saturated rings. The quantitative estimate of drug-likeness (QED) is 0.485. The molecule has 0 atom stereocenters. The minimum atomic E-state index is -0.224. The zero-order valence-electron chi connectivity index (χ0n) is 15.1. The summed E-state index contributed by atoms with van der Waals surface area (Å²) >= 11 is 0. The predicted octanol–water partition coefficient (Wildman–Crippen LogP) is 4.93. The Morgan fingerprint density at radius 2 is 1.81 bits per heavy atom. The summed E-state index contributed by atoms with van der Waals surface area (Å²) in [6.07, 6.45) is 0. The fraction of sp³-hybridized carbons (Fsp3) is 0.182. The van der Waals surface area contributed by atoms with Crippen molar-refractivity contribution in [2.45, 2.75) is 20.8 Å². The fourth-order valence-electron chi connectivity index (χ4n) is 2.85. The van der Waals surface area contributed by atoms with Gasteiger partial charge in [-0.05, 0) is 38.5 Å². The van der Waals surface area contributed by atoms with Crippen LogP contribution in [0.15, 0.2) is 63.8 Å². The second kappa shape index (κ2) is 7.00. The van der Waals surface area contributed by atoms with Crippen LogP contribution in [0.5, 0.6) is 5.75 Å². The van der Waals surface area contributed by atoms with Crippen LogP contribution in [0.2, 0.25) is 0 Å². The van der Waals surface area contributed by atoms with E-state index in [1.165, 1.54) is 6.92 Å². The van der Waals surface area contributed by atoms with Gasteiger partial charge in [-0.2, -0.15) is 0 Å². The highest BCUT2D eigenvalue weighted by atomic mass is 16.5. The highest BCUT2D eigenvalue weighted by Crippen LogP contribution is 2.32. The minimum absolute atomic E-state index is 0.154. The first kappa shape index (κ1) is 17.7. The molecule has 0 radical (unpaired) electrons. The molecule has 26 heavy (non-hydrogen) atoms. The number of ketones is 1. The average Bonchev–Trinajstić information content (AvgIpc) is 2.62. The van der Waals surface area contributed by atoms with E-state index in [0.717, 1.165) is 11.1 Å². The minimum Gasteiger partial charge on any atom is -0.488 e. The Balaban J connectivity index is 2.32. The van der Waals surface area contributed by atoms with Gasteiger partial charge in [0.15, 0.2) is 16.8 Å². The van der Waals surface area contributed by atoms with Crippen LogP contribution < -0.4 is 10.2 Å². The topological polar surface area (TPSA) is 56.5 Å². The number of hydrogen-bond donors (Lipinski definition) is 0. The summed E-state index contributed by atoms with van der Waals surface area (Å²) in [5.74, 6) is 0.625. The van der Waals surface area contributed by atoms with Gasteiger partial charge in [-0.1, -0.05) is 36.9 Å². The van der Waals surface area contributed by atoms with Gasteiger partial charge < -0.3 is 9.15 Å². The number of fused-ring (bicyclic) bond motifs is 1. The second-order valence-electron chi connectivity index (χ2n) is 6.37. The first-order valence-electron chi connectivity index (χ1n) is 8.34.